The lowest BCUT2D eigenvalue weighted by molar-refractivity contribution is -0.143. The molecule has 0 spiro atoms. The first kappa shape index (κ1) is 32.0. The molecule has 2 amide bonds. The smallest absolute Gasteiger partial charge is 0.416 e. The molecule has 238 valence electrons. The molecule has 1 saturated heterocycles. The van der Waals surface area contributed by atoms with Gasteiger partial charge in [0, 0.05) is 42.2 Å². The molecule has 1 aliphatic heterocycles. The van der Waals surface area contributed by atoms with Gasteiger partial charge in [0.05, 0.1) is 41.4 Å². The molecule has 1 aliphatic rings. The quantitative estimate of drug-likeness (QED) is 0.220. The third-order valence-corrected chi connectivity index (χ3v) is 8.32. The fourth-order valence-electron chi connectivity index (χ4n) is 5.17. The minimum Gasteiger partial charge on any atom is -0.497 e. The van der Waals surface area contributed by atoms with E-state index < -0.39 is 41.0 Å². The number of thiazole rings is 1. The Labute approximate surface area is 257 Å². The summed E-state index contributed by atoms with van der Waals surface area (Å²) in [5.41, 5.74) is -1.31. The minimum atomic E-state index is -5.08. The molecule has 0 aliphatic carbocycles. The molecule has 8 nitrogen and oxygen atoms in total. The summed E-state index contributed by atoms with van der Waals surface area (Å²) in [7, 11) is 1.58. The standard InChI is InChI=1S/C30H27F6N5O3S/c1-4-25-23(14-37-41(25)28-38-24(16-45-28)18-5-7-22(44-3)8-6-18)27(43)39-9-10-40(17(2)15-39)26(42)19-11-20(29(31,32)33)13-21(12-19)30(34,35)36/h5-8,11-14,16-17H,4,9-10,15H2,1-3H3. The van der Waals surface area contributed by atoms with E-state index in [1.165, 1.54) is 27.3 Å². The molecule has 45 heavy (non-hydrogen) atoms. The highest BCUT2D eigenvalue weighted by molar-refractivity contribution is 7.12. The number of nitrogens with zero attached hydrogens (tertiary/aromatic N) is 5. The van der Waals surface area contributed by atoms with Crippen molar-refractivity contribution in [2.24, 2.45) is 0 Å². The zero-order valence-electron chi connectivity index (χ0n) is 24.2. The first-order valence-electron chi connectivity index (χ1n) is 13.8. The lowest BCUT2D eigenvalue weighted by atomic mass is 10.0. The van der Waals surface area contributed by atoms with Crippen molar-refractivity contribution in [3.05, 3.63) is 82.0 Å². The number of carbonyl (C=O) groups is 2. The zero-order chi connectivity index (χ0) is 32.7. The van der Waals surface area contributed by atoms with Gasteiger partial charge in [-0.15, -0.1) is 11.3 Å². The largest absolute Gasteiger partial charge is 0.497 e. The topological polar surface area (TPSA) is 80.6 Å². The van der Waals surface area contributed by atoms with Gasteiger partial charge in [-0.05, 0) is 55.8 Å². The molecule has 0 radical (unpaired) electrons. The lowest BCUT2D eigenvalue weighted by Crippen LogP contribution is -2.55. The number of amides is 2. The molecule has 2 aromatic heterocycles. The Kier molecular flexibility index (Phi) is 8.66. The molecular weight excluding hydrogens is 624 g/mol. The van der Waals surface area contributed by atoms with Gasteiger partial charge in [-0.25, -0.2) is 9.67 Å². The van der Waals surface area contributed by atoms with Gasteiger partial charge in [-0.2, -0.15) is 31.4 Å². The second kappa shape index (κ2) is 12.2. The zero-order valence-corrected chi connectivity index (χ0v) is 25.1. The maximum Gasteiger partial charge on any atom is 0.416 e. The first-order valence-corrected chi connectivity index (χ1v) is 14.7. The molecule has 2 aromatic carbocycles. The van der Waals surface area contributed by atoms with Gasteiger partial charge < -0.3 is 14.5 Å². The Morgan fingerprint density at radius 2 is 1.62 bits per heavy atom. The molecule has 4 aromatic rings. The van der Waals surface area contributed by atoms with Gasteiger partial charge in [-0.3, -0.25) is 9.59 Å². The van der Waals surface area contributed by atoms with E-state index in [0.717, 1.165) is 11.3 Å². The minimum absolute atomic E-state index is 0.0167. The summed E-state index contributed by atoms with van der Waals surface area (Å²) in [5.74, 6) is -0.629. The van der Waals surface area contributed by atoms with Crippen molar-refractivity contribution in [1.82, 2.24) is 24.6 Å². The number of hydrogen-bond acceptors (Lipinski definition) is 6. The van der Waals surface area contributed by atoms with Crippen molar-refractivity contribution in [2.45, 2.75) is 38.7 Å². The number of carbonyl (C=O) groups excluding carboxylic acids is 2. The third kappa shape index (κ3) is 6.53. The summed E-state index contributed by atoms with van der Waals surface area (Å²) in [6.45, 7) is 3.40. The monoisotopic (exact) mass is 651 g/mol. The predicted octanol–water partition coefficient (Wildman–Crippen LogP) is 6.59. The van der Waals surface area contributed by atoms with E-state index in [4.69, 9.17) is 4.74 Å². The second-order valence-electron chi connectivity index (χ2n) is 10.4. The second-order valence-corrected chi connectivity index (χ2v) is 11.2. The average molecular weight is 652 g/mol. The molecule has 0 saturated carbocycles. The molecular formula is C30H27F6N5O3S. The SMILES string of the molecule is CCc1c(C(=O)N2CCN(C(=O)c3cc(C(F)(F)F)cc(C(F)(F)F)c3)C(C)C2)cnn1-c1nc(-c2ccc(OC)cc2)cs1. The van der Waals surface area contributed by atoms with Crippen molar-refractivity contribution in [3.63, 3.8) is 0 Å². The Bertz CT molecular complexity index is 1680. The van der Waals surface area contributed by atoms with E-state index in [1.54, 1.807) is 18.7 Å². The maximum absolute atomic E-state index is 13.6. The Morgan fingerprint density at radius 3 is 2.18 bits per heavy atom. The fourth-order valence-corrected chi connectivity index (χ4v) is 5.99. The summed E-state index contributed by atoms with van der Waals surface area (Å²) in [6, 6.07) is 7.53. The first-order chi connectivity index (χ1) is 21.2. The normalized spacial score (nSPS) is 15.8. The lowest BCUT2D eigenvalue weighted by Gasteiger charge is -2.40. The van der Waals surface area contributed by atoms with Crippen molar-refractivity contribution in [3.8, 4) is 22.1 Å². The van der Waals surface area contributed by atoms with E-state index in [2.05, 4.69) is 10.1 Å². The number of benzene rings is 2. The van der Waals surface area contributed by atoms with Crippen molar-refractivity contribution in [1.29, 1.82) is 0 Å². The van der Waals surface area contributed by atoms with Gasteiger partial charge in [0.1, 0.15) is 5.75 Å². The Balaban J connectivity index is 1.33. The van der Waals surface area contributed by atoms with Gasteiger partial charge in [0.2, 0.25) is 5.13 Å². The van der Waals surface area contributed by atoms with E-state index in [9.17, 15) is 35.9 Å². The molecule has 0 bridgehead atoms. The highest BCUT2D eigenvalue weighted by atomic mass is 32.1. The van der Waals surface area contributed by atoms with E-state index in [1.807, 2.05) is 36.6 Å². The van der Waals surface area contributed by atoms with Crippen LogP contribution in [0.5, 0.6) is 5.75 Å². The van der Waals surface area contributed by atoms with Crippen LogP contribution in [0.2, 0.25) is 0 Å². The average Bonchev–Trinajstić information content (AvgIpc) is 3.67. The number of aromatic nitrogens is 3. The van der Waals surface area contributed by atoms with Crippen LogP contribution in [0.1, 0.15) is 51.4 Å². The predicted molar refractivity (Wildman–Crippen MR) is 153 cm³/mol. The van der Waals surface area contributed by atoms with Crippen LogP contribution in [0.25, 0.3) is 16.4 Å². The number of alkyl halides is 6. The highest BCUT2D eigenvalue weighted by Crippen LogP contribution is 2.37. The number of hydrogen-bond donors (Lipinski definition) is 0. The van der Waals surface area contributed by atoms with Crippen LogP contribution in [0.4, 0.5) is 26.3 Å². The molecule has 5 rings (SSSR count). The molecule has 15 heteroatoms. The van der Waals surface area contributed by atoms with E-state index in [0.29, 0.717) is 40.7 Å². The van der Waals surface area contributed by atoms with Crippen molar-refractivity contribution < 1.29 is 40.7 Å². The fraction of sp³-hybridized carbons (Fsp3) is 0.333. The summed E-state index contributed by atoms with van der Waals surface area (Å²) in [4.78, 5) is 34.1. The summed E-state index contributed by atoms with van der Waals surface area (Å²) >= 11 is 1.35. The maximum atomic E-state index is 13.6. The van der Waals surface area contributed by atoms with Crippen LogP contribution in [-0.4, -0.2) is 69.2 Å². The third-order valence-electron chi connectivity index (χ3n) is 7.50. The van der Waals surface area contributed by atoms with Crippen molar-refractivity contribution in [2.75, 3.05) is 26.7 Å². The summed E-state index contributed by atoms with van der Waals surface area (Å²) in [5, 5.41) is 6.84. The Morgan fingerprint density at radius 1 is 0.978 bits per heavy atom. The van der Waals surface area contributed by atoms with Gasteiger partial charge in [0.15, 0.2) is 0 Å². The van der Waals surface area contributed by atoms with Gasteiger partial charge in [0.25, 0.3) is 11.8 Å². The number of methoxy groups -OCH3 is 1. The van der Waals surface area contributed by atoms with Crippen LogP contribution in [0.15, 0.2) is 54.0 Å². The van der Waals surface area contributed by atoms with Crippen LogP contribution in [0.3, 0.4) is 0 Å². The van der Waals surface area contributed by atoms with E-state index in [-0.39, 0.29) is 31.6 Å². The molecule has 1 fully saturated rings. The van der Waals surface area contributed by atoms with Crippen molar-refractivity contribution >= 4 is 23.2 Å². The Hall–Kier alpha value is -4.40. The number of rotatable bonds is 6. The highest BCUT2D eigenvalue weighted by Gasteiger charge is 2.39. The van der Waals surface area contributed by atoms with Crippen LogP contribution in [-0.2, 0) is 18.8 Å². The summed E-state index contributed by atoms with van der Waals surface area (Å²) < 4.78 is 86.9. The number of piperazine rings is 1. The molecule has 0 N–H and O–H groups in total. The molecule has 1 unspecified atom stereocenters. The summed E-state index contributed by atoms with van der Waals surface area (Å²) in [6.07, 6.45) is -8.27. The van der Waals surface area contributed by atoms with Gasteiger partial charge >= 0.3 is 12.4 Å². The van der Waals surface area contributed by atoms with Crippen LogP contribution in [0, 0.1) is 0 Å². The number of halogens is 6. The molecule has 3 heterocycles. The molecule has 1 atom stereocenters. The van der Waals surface area contributed by atoms with Crippen LogP contribution < -0.4 is 4.74 Å². The number of ether oxygens (including phenoxy) is 1. The van der Waals surface area contributed by atoms with Gasteiger partial charge in [-0.1, -0.05) is 6.92 Å². The van der Waals surface area contributed by atoms with Crippen LogP contribution >= 0.6 is 11.3 Å². The van der Waals surface area contributed by atoms with E-state index >= 15 is 0 Å².